The third kappa shape index (κ3) is 2.29. The molecule has 0 spiro atoms. The highest BCUT2D eigenvalue weighted by Crippen LogP contribution is 2.54. The molecule has 1 unspecified atom stereocenters. The first kappa shape index (κ1) is 15.5. The van der Waals surface area contributed by atoms with E-state index in [-0.39, 0.29) is 0 Å². The van der Waals surface area contributed by atoms with Crippen LogP contribution in [0.4, 0.5) is 0 Å². The maximum absolute atomic E-state index is 11.4. The van der Waals surface area contributed by atoms with E-state index in [1.807, 2.05) is 25.1 Å². The second-order valence-electron chi connectivity index (χ2n) is 7.12. The molecule has 2 nitrogen and oxygen atoms in total. The predicted octanol–water partition coefficient (Wildman–Crippen LogP) is 5.02. The van der Waals surface area contributed by atoms with Gasteiger partial charge in [-0.3, -0.25) is 0 Å². The summed E-state index contributed by atoms with van der Waals surface area (Å²) in [7, 11) is 1.68. The van der Waals surface area contributed by atoms with Crippen LogP contribution in [0.5, 0.6) is 5.75 Å². The van der Waals surface area contributed by atoms with Gasteiger partial charge in [-0.15, -0.1) is 0 Å². The van der Waals surface area contributed by atoms with Gasteiger partial charge >= 0.3 is 0 Å². The monoisotopic (exact) mass is 320 g/mol. The average Bonchev–Trinajstić information content (AvgIpc) is 3.20. The van der Waals surface area contributed by atoms with Crippen LogP contribution in [0.15, 0.2) is 48.5 Å². The zero-order valence-electron chi connectivity index (χ0n) is 14.4. The second kappa shape index (κ2) is 5.78. The number of aliphatic hydroxyl groups is 1. The molecule has 2 aromatic carbocycles. The lowest BCUT2D eigenvalue weighted by Crippen LogP contribution is -2.20. The fourth-order valence-corrected chi connectivity index (χ4v) is 4.51. The summed E-state index contributed by atoms with van der Waals surface area (Å²) in [4.78, 5) is 0. The summed E-state index contributed by atoms with van der Waals surface area (Å²) in [5.74, 6) is 1.40. The summed E-state index contributed by atoms with van der Waals surface area (Å²) in [6.07, 6.45) is 5.02. The van der Waals surface area contributed by atoms with E-state index in [9.17, 15) is 5.11 Å². The molecule has 2 aliphatic carbocycles. The summed E-state index contributed by atoms with van der Waals surface area (Å²) in [6.45, 7) is 1.94. The van der Waals surface area contributed by atoms with Crippen molar-refractivity contribution in [2.75, 3.05) is 7.11 Å². The Balaban J connectivity index is 1.93. The summed E-state index contributed by atoms with van der Waals surface area (Å²) in [5.41, 5.74) is 4.87. The van der Waals surface area contributed by atoms with Crippen LogP contribution >= 0.6 is 0 Å². The molecule has 0 aliphatic heterocycles. The molecule has 0 bridgehead atoms. The van der Waals surface area contributed by atoms with Crippen LogP contribution in [-0.2, 0) is 5.60 Å². The van der Waals surface area contributed by atoms with E-state index >= 15 is 0 Å². The molecule has 2 heteroatoms. The number of ether oxygens (including phenoxy) is 1. The van der Waals surface area contributed by atoms with Gasteiger partial charge in [-0.1, -0.05) is 49.2 Å². The minimum absolute atomic E-state index is 0.553. The van der Waals surface area contributed by atoms with E-state index in [1.54, 1.807) is 7.11 Å². The van der Waals surface area contributed by atoms with Crippen molar-refractivity contribution in [3.8, 4) is 5.75 Å². The third-order valence-corrected chi connectivity index (χ3v) is 5.64. The van der Waals surface area contributed by atoms with E-state index < -0.39 is 5.60 Å². The number of benzene rings is 2. The maximum Gasteiger partial charge on any atom is 0.118 e. The number of hydrogen-bond donors (Lipinski definition) is 1. The van der Waals surface area contributed by atoms with Gasteiger partial charge in [-0.25, -0.2) is 0 Å². The standard InChI is InChI=1S/C22H24O2/c1-22(23)19-10-6-5-9-18(19)20(15-7-3-4-8-15)21(22)16-11-13-17(24-2)14-12-16/h5-6,9-15,23H,3-4,7-8H2,1-2H3. The molecular weight excluding hydrogens is 296 g/mol. The van der Waals surface area contributed by atoms with Gasteiger partial charge in [0.25, 0.3) is 0 Å². The molecule has 1 N–H and O–H groups in total. The van der Waals surface area contributed by atoms with Crippen LogP contribution in [-0.4, -0.2) is 12.2 Å². The maximum atomic E-state index is 11.4. The molecular formula is C22H24O2. The Labute approximate surface area is 143 Å². The Bertz CT molecular complexity index is 778. The van der Waals surface area contributed by atoms with Crippen LogP contribution in [0.25, 0.3) is 11.1 Å². The SMILES string of the molecule is COc1ccc(C2=C(C3CCCC3)c3ccccc3C2(C)O)cc1. The van der Waals surface area contributed by atoms with Crippen molar-refractivity contribution >= 4 is 11.1 Å². The van der Waals surface area contributed by atoms with E-state index in [0.717, 1.165) is 22.4 Å². The number of hydrogen-bond acceptors (Lipinski definition) is 2. The first-order chi connectivity index (χ1) is 11.6. The number of allylic oxidation sites excluding steroid dienone is 1. The van der Waals surface area contributed by atoms with Crippen LogP contribution in [0.1, 0.15) is 49.3 Å². The van der Waals surface area contributed by atoms with Crippen molar-refractivity contribution in [1.29, 1.82) is 0 Å². The molecule has 124 valence electrons. The Morgan fingerprint density at radius 2 is 1.67 bits per heavy atom. The fourth-order valence-electron chi connectivity index (χ4n) is 4.51. The van der Waals surface area contributed by atoms with Crippen LogP contribution in [0, 0.1) is 5.92 Å². The van der Waals surface area contributed by atoms with E-state index in [0.29, 0.717) is 5.92 Å². The number of rotatable bonds is 3. The minimum atomic E-state index is -0.941. The van der Waals surface area contributed by atoms with Gasteiger partial charge in [0, 0.05) is 0 Å². The molecule has 0 amide bonds. The van der Waals surface area contributed by atoms with Crippen molar-refractivity contribution in [2.45, 2.75) is 38.2 Å². The summed E-state index contributed by atoms with van der Waals surface area (Å²) >= 11 is 0. The number of methoxy groups -OCH3 is 1. The molecule has 1 fully saturated rings. The highest BCUT2D eigenvalue weighted by Gasteiger charge is 2.42. The van der Waals surface area contributed by atoms with Crippen LogP contribution in [0.2, 0.25) is 0 Å². The third-order valence-electron chi connectivity index (χ3n) is 5.64. The van der Waals surface area contributed by atoms with Gasteiger partial charge in [-0.05, 0) is 65.7 Å². The molecule has 2 aliphatic rings. The normalized spacial score (nSPS) is 23.6. The fraction of sp³-hybridized carbons (Fsp3) is 0.364. The smallest absolute Gasteiger partial charge is 0.118 e. The van der Waals surface area contributed by atoms with Crippen molar-refractivity contribution in [3.05, 3.63) is 65.2 Å². The average molecular weight is 320 g/mol. The molecule has 0 radical (unpaired) electrons. The van der Waals surface area contributed by atoms with Gasteiger partial charge in [0.05, 0.1) is 7.11 Å². The molecule has 1 saturated carbocycles. The van der Waals surface area contributed by atoms with Gasteiger partial charge in [0.15, 0.2) is 0 Å². The summed E-state index contributed by atoms with van der Waals surface area (Å²) < 4.78 is 5.29. The first-order valence-corrected chi connectivity index (χ1v) is 8.84. The van der Waals surface area contributed by atoms with Crippen molar-refractivity contribution in [1.82, 2.24) is 0 Å². The molecule has 0 saturated heterocycles. The van der Waals surface area contributed by atoms with Crippen LogP contribution in [0.3, 0.4) is 0 Å². The Kier molecular flexibility index (Phi) is 3.73. The lowest BCUT2D eigenvalue weighted by Gasteiger charge is -2.25. The van der Waals surface area contributed by atoms with Crippen molar-refractivity contribution in [3.63, 3.8) is 0 Å². The molecule has 4 rings (SSSR count). The quantitative estimate of drug-likeness (QED) is 0.860. The zero-order valence-corrected chi connectivity index (χ0v) is 14.4. The van der Waals surface area contributed by atoms with Gasteiger partial charge in [-0.2, -0.15) is 0 Å². The Hall–Kier alpha value is -2.06. The lowest BCUT2D eigenvalue weighted by molar-refractivity contribution is 0.125. The highest BCUT2D eigenvalue weighted by molar-refractivity contribution is 6.01. The summed E-state index contributed by atoms with van der Waals surface area (Å²) in [6, 6.07) is 16.5. The van der Waals surface area contributed by atoms with Crippen molar-refractivity contribution < 1.29 is 9.84 Å². The Morgan fingerprint density at radius 1 is 1.00 bits per heavy atom. The van der Waals surface area contributed by atoms with Crippen LogP contribution < -0.4 is 4.74 Å². The minimum Gasteiger partial charge on any atom is -0.497 e. The van der Waals surface area contributed by atoms with E-state index in [1.165, 1.54) is 36.8 Å². The lowest BCUT2D eigenvalue weighted by atomic mass is 9.85. The largest absolute Gasteiger partial charge is 0.497 e. The molecule has 0 heterocycles. The number of fused-ring (bicyclic) bond motifs is 1. The zero-order chi connectivity index (χ0) is 16.7. The Morgan fingerprint density at radius 3 is 2.33 bits per heavy atom. The molecule has 24 heavy (non-hydrogen) atoms. The first-order valence-electron chi connectivity index (χ1n) is 8.84. The van der Waals surface area contributed by atoms with Crippen molar-refractivity contribution in [2.24, 2.45) is 5.92 Å². The molecule has 0 aromatic heterocycles. The molecule has 1 atom stereocenters. The topological polar surface area (TPSA) is 29.5 Å². The summed E-state index contributed by atoms with van der Waals surface area (Å²) in [5, 5.41) is 11.4. The highest BCUT2D eigenvalue weighted by atomic mass is 16.5. The molecule has 2 aromatic rings. The van der Waals surface area contributed by atoms with Gasteiger partial charge < -0.3 is 9.84 Å². The predicted molar refractivity (Wildman–Crippen MR) is 97.8 cm³/mol. The second-order valence-corrected chi connectivity index (χ2v) is 7.12. The van der Waals surface area contributed by atoms with E-state index in [2.05, 4.69) is 30.3 Å². The van der Waals surface area contributed by atoms with E-state index in [4.69, 9.17) is 4.74 Å². The van der Waals surface area contributed by atoms with Gasteiger partial charge in [0.2, 0.25) is 0 Å². The van der Waals surface area contributed by atoms with Gasteiger partial charge in [0.1, 0.15) is 11.4 Å².